The fourth-order valence-electron chi connectivity index (χ4n) is 1.47. The Hall–Kier alpha value is -0.900. The minimum absolute atomic E-state index is 0. The first-order chi connectivity index (χ1) is 6.27. The van der Waals surface area contributed by atoms with Crippen molar-refractivity contribution in [2.24, 2.45) is 0 Å². The predicted molar refractivity (Wildman–Crippen MR) is 53.3 cm³/mol. The number of alkyl halides is 2. The summed E-state index contributed by atoms with van der Waals surface area (Å²) < 4.78 is 24.5. The molecule has 5 heteroatoms. The highest BCUT2D eigenvalue weighted by atomic mass is 35.5. The molecule has 0 unspecified atom stereocenters. The second-order valence-electron chi connectivity index (χ2n) is 3.06. The molecular formula is C9H11ClF2N2. The van der Waals surface area contributed by atoms with Crippen molar-refractivity contribution in [2.75, 3.05) is 11.9 Å². The molecule has 1 aliphatic rings. The summed E-state index contributed by atoms with van der Waals surface area (Å²) in [6, 6.07) is 3.06. The van der Waals surface area contributed by atoms with Gasteiger partial charge in [0, 0.05) is 6.54 Å². The van der Waals surface area contributed by atoms with Crippen LogP contribution in [0, 0.1) is 0 Å². The maximum absolute atomic E-state index is 12.3. The van der Waals surface area contributed by atoms with Gasteiger partial charge in [-0.2, -0.15) is 0 Å². The summed E-state index contributed by atoms with van der Waals surface area (Å²) in [5, 5.41) is 3.12. The lowest BCUT2D eigenvalue weighted by atomic mass is 10.1. The second kappa shape index (κ2) is 4.55. The molecule has 0 aromatic carbocycles. The zero-order valence-electron chi connectivity index (χ0n) is 7.46. The van der Waals surface area contributed by atoms with Crippen LogP contribution in [-0.4, -0.2) is 11.5 Å². The topological polar surface area (TPSA) is 24.9 Å². The number of rotatable bonds is 1. The Morgan fingerprint density at radius 3 is 2.86 bits per heavy atom. The second-order valence-corrected chi connectivity index (χ2v) is 3.06. The lowest BCUT2D eigenvalue weighted by molar-refractivity contribution is 0.146. The van der Waals surface area contributed by atoms with Gasteiger partial charge in [0.2, 0.25) is 0 Å². The fourth-order valence-corrected chi connectivity index (χ4v) is 1.47. The monoisotopic (exact) mass is 220 g/mol. The largest absolute Gasteiger partial charge is 0.384 e. The van der Waals surface area contributed by atoms with E-state index in [4.69, 9.17) is 0 Å². The fraction of sp³-hybridized carbons (Fsp3) is 0.444. The van der Waals surface area contributed by atoms with Gasteiger partial charge in [0.15, 0.2) is 0 Å². The summed E-state index contributed by atoms with van der Waals surface area (Å²) in [5.74, 6) is 0. The van der Waals surface area contributed by atoms with Gasteiger partial charge in [-0.15, -0.1) is 12.4 Å². The number of halogens is 3. The van der Waals surface area contributed by atoms with Crippen molar-refractivity contribution in [1.82, 2.24) is 4.98 Å². The standard InChI is InChI=1S/C9H10F2N2.ClH/c10-9(11)8-4-3-6-7(13-8)2-1-5-12-6;/h3-4,9,12H,1-2,5H2;1H. The third-order valence-corrected chi connectivity index (χ3v) is 2.13. The summed E-state index contributed by atoms with van der Waals surface area (Å²) in [4.78, 5) is 3.90. The van der Waals surface area contributed by atoms with Gasteiger partial charge in [0.05, 0.1) is 11.4 Å². The molecule has 78 valence electrons. The van der Waals surface area contributed by atoms with E-state index < -0.39 is 6.43 Å². The number of nitrogens with zero attached hydrogens (tertiary/aromatic N) is 1. The maximum Gasteiger partial charge on any atom is 0.280 e. The van der Waals surface area contributed by atoms with Gasteiger partial charge in [0.25, 0.3) is 6.43 Å². The minimum Gasteiger partial charge on any atom is -0.384 e. The molecule has 1 aliphatic heterocycles. The van der Waals surface area contributed by atoms with Crippen LogP contribution < -0.4 is 5.32 Å². The summed E-state index contributed by atoms with van der Waals surface area (Å²) in [6.45, 7) is 0.905. The third kappa shape index (κ3) is 2.12. The van der Waals surface area contributed by atoms with E-state index in [0.717, 1.165) is 30.8 Å². The molecule has 0 bridgehead atoms. The van der Waals surface area contributed by atoms with Crippen molar-refractivity contribution in [3.8, 4) is 0 Å². The number of hydrogen-bond donors (Lipinski definition) is 1. The molecule has 0 saturated carbocycles. The Balaban J connectivity index is 0.000000980. The van der Waals surface area contributed by atoms with Crippen LogP contribution in [0.2, 0.25) is 0 Å². The van der Waals surface area contributed by atoms with Crippen LogP contribution in [0.3, 0.4) is 0 Å². The number of pyridine rings is 1. The van der Waals surface area contributed by atoms with E-state index in [2.05, 4.69) is 10.3 Å². The highest BCUT2D eigenvalue weighted by Crippen LogP contribution is 2.24. The smallest absolute Gasteiger partial charge is 0.280 e. The van der Waals surface area contributed by atoms with Crippen molar-refractivity contribution in [3.05, 3.63) is 23.5 Å². The van der Waals surface area contributed by atoms with Crippen molar-refractivity contribution in [1.29, 1.82) is 0 Å². The van der Waals surface area contributed by atoms with Gasteiger partial charge in [-0.05, 0) is 25.0 Å². The summed E-state index contributed by atoms with van der Waals surface area (Å²) in [6.07, 6.45) is -0.706. The summed E-state index contributed by atoms with van der Waals surface area (Å²) >= 11 is 0. The van der Waals surface area contributed by atoms with Crippen LogP contribution in [-0.2, 0) is 6.42 Å². The number of hydrogen-bond acceptors (Lipinski definition) is 2. The molecule has 0 atom stereocenters. The Kier molecular flexibility index (Phi) is 3.63. The first-order valence-corrected chi connectivity index (χ1v) is 4.29. The van der Waals surface area contributed by atoms with E-state index in [9.17, 15) is 8.78 Å². The van der Waals surface area contributed by atoms with Crippen LogP contribution in [0.5, 0.6) is 0 Å². The van der Waals surface area contributed by atoms with Crippen LogP contribution in [0.1, 0.15) is 24.2 Å². The molecule has 0 aliphatic carbocycles. The maximum atomic E-state index is 12.3. The zero-order chi connectivity index (χ0) is 9.26. The molecule has 1 aromatic rings. The molecule has 0 amide bonds. The van der Waals surface area contributed by atoms with Crippen LogP contribution in [0.15, 0.2) is 12.1 Å². The lowest BCUT2D eigenvalue weighted by Gasteiger charge is -2.17. The van der Waals surface area contributed by atoms with Crippen molar-refractivity contribution in [3.63, 3.8) is 0 Å². The molecule has 2 nitrogen and oxygen atoms in total. The molecule has 1 N–H and O–H groups in total. The van der Waals surface area contributed by atoms with Gasteiger partial charge < -0.3 is 5.32 Å². The van der Waals surface area contributed by atoms with Crippen molar-refractivity contribution in [2.45, 2.75) is 19.3 Å². The van der Waals surface area contributed by atoms with E-state index in [1.54, 1.807) is 6.07 Å². The van der Waals surface area contributed by atoms with Crippen LogP contribution >= 0.6 is 12.4 Å². The first kappa shape index (κ1) is 11.2. The van der Waals surface area contributed by atoms with Crippen LogP contribution in [0.25, 0.3) is 0 Å². The molecule has 0 spiro atoms. The van der Waals surface area contributed by atoms with Gasteiger partial charge in [-0.3, -0.25) is 0 Å². The molecule has 0 saturated heterocycles. The molecule has 2 rings (SSSR count). The summed E-state index contributed by atoms with van der Waals surface area (Å²) in [5.41, 5.74) is 1.54. The highest BCUT2D eigenvalue weighted by molar-refractivity contribution is 5.85. The Morgan fingerprint density at radius 1 is 1.36 bits per heavy atom. The number of anilines is 1. The Morgan fingerprint density at radius 2 is 2.14 bits per heavy atom. The molecule has 1 aromatic heterocycles. The van der Waals surface area contributed by atoms with Gasteiger partial charge in [-0.25, -0.2) is 13.8 Å². The average Bonchev–Trinajstić information content (AvgIpc) is 2.17. The number of nitrogens with one attached hydrogen (secondary N) is 1. The summed E-state index contributed by atoms with van der Waals surface area (Å²) in [7, 11) is 0. The van der Waals surface area contributed by atoms with Crippen LogP contribution in [0.4, 0.5) is 14.5 Å². The molecule has 0 radical (unpaired) electrons. The number of aryl methyl sites for hydroxylation is 1. The zero-order valence-corrected chi connectivity index (χ0v) is 8.28. The van der Waals surface area contributed by atoms with Crippen molar-refractivity contribution >= 4 is 18.1 Å². The van der Waals surface area contributed by atoms with Crippen molar-refractivity contribution < 1.29 is 8.78 Å². The SMILES string of the molecule is Cl.FC(F)c1ccc2c(n1)CCCN2. The van der Waals surface area contributed by atoms with E-state index in [-0.39, 0.29) is 18.1 Å². The van der Waals surface area contributed by atoms with E-state index in [0.29, 0.717) is 0 Å². The lowest BCUT2D eigenvalue weighted by Crippen LogP contribution is -2.13. The first-order valence-electron chi connectivity index (χ1n) is 4.29. The van der Waals surface area contributed by atoms with E-state index in [1.807, 2.05) is 0 Å². The minimum atomic E-state index is -2.47. The molecule has 0 fully saturated rings. The van der Waals surface area contributed by atoms with Gasteiger partial charge in [-0.1, -0.05) is 0 Å². The number of fused-ring (bicyclic) bond motifs is 1. The number of aromatic nitrogens is 1. The Labute approximate surface area is 87.1 Å². The van der Waals surface area contributed by atoms with E-state index >= 15 is 0 Å². The average molecular weight is 221 g/mol. The Bertz CT molecular complexity index is 318. The third-order valence-electron chi connectivity index (χ3n) is 2.13. The predicted octanol–water partition coefficient (Wildman–Crippen LogP) is 2.80. The molecular weight excluding hydrogens is 210 g/mol. The normalized spacial score (nSPS) is 14.2. The quantitative estimate of drug-likeness (QED) is 0.787. The molecule has 14 heavy (non-hydrogen) atoms. The molecule has 2 heterocycles. The highest BCUT2D eigenvalue weighted by Gasteiger charge is 2.14. The van der Waals surface area contributed by atoms with E-state index in [1.165, 1.54) is 6.07 Å². The van der Waals surface area contributed by atoms with Gasteiger partial charge in [0.1, 0.15) is 5.69 Å². The van der Waals surface area contributed by atoms with Gasteiger partial charge >= 0.3 is 0 Å².